The number of nitrogens with zero attached hydrogens (tertiary/aromatic N) is 1. The van der Waals surface area contributed by atoms with Crippen molar-refractivity contribution in [2.45, 2.75) is 6.42 Å². The summed E-state index contributed by atoms with van der Waals surface area (Å²) in [6.45, 7) is 0.847. The highest BCUT2D eigenvalue weighted by Crippen LogP contribution is 2.27. The number of hydrogen-bond acceptors (Lipinski definition) is 4. The molecule has 0 saturated heterocycles. The Morgan fingerprint density at radius 1 is 1.19 bits per heavy atom. The number of rotatable bonds is 5. The predicted molar refractivity (Wildman–Crippen MR) is 89.8 cm³/mol. The SMILES string of the molecule is COc1ccc(CCNc2nc3cc(Cl)ccc3s2)cc1. The fourth-order valence-corrected chi connectivity index (χ4v) is 3.12. The van der Waals surface area contributed by atoms with E-state index in [1.54, 1.807) is 18.4 Å². The molecule has 1 aromatic heterocycles. The van der Waals surface area contributed by atoms with Crippen molar-refractivity contribution >= 4 is 38.3 Å². The van der Waals surface area contributed by atoms with Crippen LogP contribution in [-0.2, 0) is 6.42 Å². The van der Waals surface area contributed by atoms with Crippen LogP contribution in [-0.4, -0.2) is 18.6 Å². The van der Waals surface area contributed by atoms with Crippen LogP contribution >= 0.6 is 22.9 Å². The van der Waals surface area contributed by atoms with E-state index in [4.69, 9.17) is 16.3 Å². The van der Waals surface area contributed by atoms with Crippen LogP contribution in [0.3, 0.4) is 0 Å². The van der Waals surface area contributed by atoms with Gasteiger partial charge >= 0.3 is 0 Å². The van der Waals surface area contributed by atoms with E-state index in [1.165, 1.54) is 5.56 Å². The van der Waals surface area contributed by atoms with Crippen molar-refractivity contribution in [2.24, 2.45) is 0 Å². The summed E-state index contributed by atoms with van der Waals surface area (Å²) in [5.74, 6) is 0.884. The summed E-state index contributed by atoms with van der Waals surface area (Å²) in [4.78, 5) is 4.54. The van der Waals surface area contributed by atoms with E-state index < -0.39 is 0 Å². The summed E-state index contributed by atoms with van der Waals surface area (Å²) in [7, 11) is 1.68. The number of methoxy groups -OCH3 is 1. The average molecular weight is 319 g/mol. The van der Waals surface area contributed by atoms with E-state index in [0.29, 0.717) is 0 Å². The maximum Gasteiger partial charge on any atom is 0.183 e. The second kappa shape index (κ2) is 6.33. The molecule has 0 aliphatic rings. The number of hydrogen-bond donors (Lipinski definition) is 1. The first kappa shape index (κ1) is 14.2. The summed E-state index contributed by atoms with van der Waals surface area (Å²) >= 11 is 7.62. The molecular weight excluding hydrogens is 304 g/mol. The molecule has 0 aliphatic heterocycles. The van der Waals surface area contributed by atoms with Gasteiger partial charge < -0.3 is 10.1 Å². The van der Waals surface area contributed by atoms with E-state index in [-0.39, 0.29) is 0 Å². The normalized spacial score (nSPS) is 10.8. The Hall–Kier alpha value is -1.78. The molecule has 0 spiro atoms. The monoisotopic (exact) mass is 318 g/mol. The second-order valence-corrected chi connectivity index (χ2v) is 6.12. The summed E-state index contributed by atoms with van der Waals surface area (Å²) in [5, 5.41) is 5.01. The Morgan fingerprint density at radius 3 is 2.76 bits per heavy atom. The molecule has 0 radical (unpaired) electrons. The van der Waals surface area contributed by atoms with Gasteiger partial charge in [0.2, 0.25) is 0 Å². The zero-order valence-corrected chi connectivity index (χ0v) is 13.2. The molecule has 0 fully saturated rings. The van der Waals surface area contributed by atoms with Crippen LogP contribution in [0.1, 0.15) is 5.56 Å². The molecule has 1 N–H and O–H groups in total. The minimum Gasteiger partial charge on any atom is -0.497 e. The van der Waals surface area contributed by atoms with Crippen molar-refractivity contribution in [2.75, 3.05) is 19.0 Å². The Balaban J connectivity index is 1.60. The van der Waals surface area contributed by atoms with E-state index >= 15 is 0 Å². The Bertz CT molecular complexity index is 740. The van der Waals surface area contributed by atoms with Gasteiger partial charge in [0.05, 0.1) is 17.3 Å². The highest BCUT2D eigenvalue weighted by Gasteiger charge is 2.04. The third-order valence-electron chi connectivity index (χ3n) is 3.20. The Labute approximate surface area is 132 Å². The summed E-state index contributed by atoms with van der Waals surface area (Å²) in [6, 6.07) is 13.9. The molecule has 3 rings (SSSR count). The van der Waals surface area contributed by atoms with Crippen molar-refractivity contribution < 1.29 is 4.74 Å². The van der Waals surface area contributed by atoms with E-state index in [0.717, 1.165) is 39.1 Å². The van der Waals surface area contributed by atoms with Gasteiger partial charge in [0, 0.05) is 11.6 Å². The van der Waals surface area contributed by atoms with Crippen molar-refractivity contribution in [1.82, 2.24) is 4.98 Å². The van der Waals surface area contributed by atoms with E-state index in [2.05, 4.69) is 22.4 Å². The molecule has 0 unspecified atom stereocenters. The molecule has 0 bridgehead atoms. The average Bonchev–Trinajstić information content (AvgIpc) is 2.89. The minimum absolute atomic E-state index is 0.720. The van der Waals surface area contributed by atoms with Gasteiger partial charge in [0.1, 0.15) is 5.75 Å². The number of halogens is 1. The van der Waals surface area contributed by atoms with Crippen LogP contribution in [0.4, 0.5) is 5.13 Å². The molecule has 3 aromatic rings. The largest absolute Gasteiger partial charge is 0.497 e. The fraction of sp³-hybridized carbons (Fsp3) is 0.188. The first-order chi connectivity index (χ1) is 10.2. The first-order valence-corrected chi connectivity index (χ1v) is 7.87. The standard InChI is InChI=1S/C16H15ClN2OS/c1-20-13-5-2-11(3-6-13)8-9-18-16-19-14-10-12(17)4-7-15(14)21-16/h2-7,10H,8-9H2,1H3,(H,18,19). The van der Waals surface area contributed by atoms with Gasteiger partial charge in [-0.3, -0.25) is 0 Å². The van der Waals surface area contributed by atoms with E-state index in [9.17, 15) is 0 Å². The Kier molecular flexibility index (Phi) is 4.27. The van der Waals surface area contributed by atoms with Crippen LogP contribution in [0.25, 0.3) is 10.2 Å². The molecule has 3 nitrogen and oxygen atoms in total. The summed E-state index contributed by atoms with van der Waals surface area (Å²) in [5.41, 5.74) is 2.21. The maximum atomic E-state index is 5.97. The number of nitrogens with one attached hydrogen (secondary N) is 1. The number of ether oxygens (including phenoxy) is 1. The van der Waals surface area contributed by atoms with Crippen LogP contribution in [0.15, 0.2) is 42.5 Å². The molecule has 108 valence electrons. The van der Waals surface area contributed by atoms with Gasteiger partial charge in [-0.25, -0.2) is 4.98 Å². The third-order valence-corrected chi connectivity index (χ3v) is 4.43. The van der Waals surface area contributed by atoms with Crippen molar-refractivity contribution in [3.63, 3.8) is 0 Å². The van der Waals surface area contributed by atoms with Gasteiger partial charge in [-0.1, -0.05) is 35.1 Å². The molecule has 21 heavy (non-hydrogen) atoms. The smallest absolute Gasteiger partial charge is 0.183 e. The first-order valence-electron chi connectivity index (χ1n) is 6.67. The lowest BCUT2D eigenvalue weighted by molar-refractivity contribution is 0.414. The lowest BCUT2D eigenvalue weighted by atomic mass is 10.1. The lowest BCUT2D eigenvalue weighted by Crippen LogP contribution is -2.04. The second-order valence-electron chi connectivity index (χ2n) is 4.66. The molecule has 5 heteroatoms. The lowest BCUT2D eigenvalue weighted by Gasteiger charge is -2.04. The van der Waals surface area contributed by atoms with E-state index in [1.807, 2.05) is 30.3 Å². The number of fused-ring (bicyclic) bond motifs is 1. The molecule has 1 heterocycles. The molecule has 0 aliphatic carbocycles. The Morgan fingerprint density at radius 2 is 2.00 bits per heavy atom. The number of aromatic nitrogens is 1. The summed E-state index contributed by atoms with van der Waals surface area (Å²) < 4.78 is 6.30. The molecule has 0 atom stereocenters. The fourth-order valence-electron chi connectivity index (χ4n) is 2.08. The van der Waals surface area contributed by atoms with Crippen LogP contribution in [0.2, 0.25) is 5.02 Å². The number of thiazole rings is 1. The topological polar surface area (TPSA) is 34.1 Å². The minimum atomic E-state index is 0.720. The van der Waals surface area contributed by atoms with Crippen molar-refractivity contribution in [3.05, 3.63) is 53.1 Å². The molecule has 2 aromatic carbocycles. The van der Waals surface area contributed by atoms with Crippen LogP contribution < -0.4 is 10.1 Å². The van der Waals surface area contributed by atoms with Crippen LogP contribution in [0.5, 0.6) is 5.75 Å². The van der Waals surface area contributed by atoms with Gasteiger partial charge in [-0.2, -0.15) is 0 Å². The number of benzene rings is 2. The van der Waals surface area contributed by atoms with Crippen LogP contribution in [0, 0.1) is 0 Å². The van der Waals surface area contributed by atoms with Gasteiger partial charge in [0.25, 0.3) is 0 Å². The predicted octanol–water partition coefficient (Wildman–Crippen LogP) is 4.61. The third kappa shape index (κ3) is 3.46. The molecule has 0 amide bonds. The molecule has 0 saturated carbocycles. The van der Waals surface area contributed by atoms with Gasteiger partial charge in [0.15, 0.2) is 5.13 Å². The van der Waals surface area contributed by atoms with Crippen molar-refractivity contribution in [3.8, 4) is 5.75 Å². The zero-order valence-electron chi connectivity index (χ0n) is 11.6. The van der Waals surface area contributed by atoms with Gasteiger partial charge in [-0.15, -0.1) is 0 Å². The summed E-state index contributed by atoms with van der Waals surface area (Å²) in [6.07, 6.45) is 0.945. The van der Waals surface area contributed by atoms with Crippen molar-refractivity contribution in [1.29, 1.82) is 0 Å². The number of anilines is 1. The highest BCUT2D eigenvalue weighted by molar-refractivity contribution is 7.22. The van der Waals surface area contributed by atoms with Gasteiger partial charge in [-0.05, 0) is 42.3 Å². The molecular formula is C16H15ClN2OS. The highest BCUT2D eigenvalue weighted by atomic mass is 35.5. The maximum absolute atomic E-state index is 5.97. The zero-order chi connectivity index (χ0) is 14.7. The quantitative estimate of drug-likeness (QED) is 0.745.